The highest BCUT2D eigenvalue weighted by Crippen LogP contribution is 2.18. The third-order valence-corrected chi connectivity index (χ3v) is 5.08. The highest BCUT2D eigenvalue weighted by Gasteiger charge is 2.16. The Hall–Kier alpha value is -2.64. The Balaban J connectivity index is 1.81. The number of carboxylic acids is 1. The number of fused-ring (bicyclic) bond motifs is 1. The molecule has 0 aliphatic carbocycles. The Morgan fingerprint density at radius 2 is 1.96 bits per heavy atom. The van der Waals surface area contributed by atoms with E-state index in [1.165, 1.54) is 18.2 Å². The number of hydrogen-bond donors (Lipinski definition) is 3. The summed E-state index contributed by atoms with van der Waals surface area (Å²) in [5.74, 6) is -1.17. The standard InChI is InChI=1S/C17H16N2O4S/c1-11-7-14-8-12(5-6-16(14)19-11)10-18-24(22,23)15-4-2-3-13(9-15)17(20)21/h2-9,18-19H,10H2,1H3,(H,20,21). The maximum atomic E-state index is 12.3. The summed E-state index contributed by atoms with van der Waals surface area (Å²) < 4.78 is 27.2. The van der Waals surface area contributed by atoms with E-state index in [2.05, 4.69) is 9.71 Å². The molecule has 0 aliphatic rings. The van der Waals surface area contributed by atoms with Gasteiger partial charge >= 0.3 is 5.97 Å². The van der Waals surface area contributed by atoms with Crippen LogP contribution in [0.2, 0.25) is 0 Å². The third kappa shape index (κ3) is 3.32. The zero-order valence-electron chi connectivity index (χ0n) is 12.9. The molecule has 0 aliphatic heterocycles. The van der Waals surface area contributed by atoms with E-state index >= 15 is 0 Å². The maximum Gasteiger partial charge on any atom is 0.335 e. The second kappa shape index (κ2) is 6.10. The highest BCUT2D eigenvalue weighted by atomic mass is 32.2. The van der Waals surface area contributed by atoms with Gasteiger partial charge in [0, 0.05) is 17.8 Å². The summed E-state index contributed by atoms with van der Waals surface area (Å²) in [6, 6.07) is 12.9. The topological polar surface area (TPSA) is 99.3 Å². The van der Waals surface area contributed by atoms with Gasteiger partial charge in [0.2, 0.25) is 10.0 Å². The third-order valence-electron chi connectivity index (χ3n) is 3.68. The van der Waals surface area contributed by atoms with Gasteiger partial charge in [0.25, 0.3) is 0 Å². The molecule has 0 saturated carbocycles. The van der Waals surface area contributed by atoms with Crippen LogP contribution in [-0.2, 0) is 16.6 Å². The van der Waals surface area contributed by atoms with Crippen molar-refractivity contribution >= 4 is 26.9 Å². The molecule has 3 N–H and O–H groups in total. The van der Waals surface area contributed by atoms with Crippen LogP contribution in [-0.4, -0.2) is 24.5 Å². The highest BCUT2D eigenvalue weighted by molar-refractivity contribution is 7.89. The molecular formula is C17H16N2O4S. The van der Waals surface area contributed by atoms with Crippen LogP contribution in [0, 0.1) is 6.92 Å². The normalized spacial score (nSPS) is 11.7. The molecule has 0 saturated heterocycles. The number of carbonyl (C=O) groups is 1. The molecule has 0 atom stereocenters. The lowest BCUT2D eigenvalue weighted by atomic mass is 10.1. The van der Waals surface area contributed by atoms with Crippen molar-refractivity contribution in [1.82, 2.24) is 9.71 Å². The number of benzene rings is 2. The lowest BCUT2D eigenvalue weighted by molar-refractivity contribution is 0.0696. The number of aromatic amines is 1. The molecule has 2 aromatic carbocycles. The second-order valence-electron chi connectivity index (χ2n) is 5.53. The molecule has 0 amide bonds. The molecule has 0 spiro atoms. The first kappa shape index (κ1) is 16.2. The van der Waals surface area contributed by atoms with Crippen LogP contribution in [0.15, 0.2) is 53.4 Å². The van der Waals surface area contributed by atoms with Gasteiger partial charge in [-0.15, -0.1) is 0 Å². The summed E-state index contributed by atoms with van der Waals surface area (Å²) >= 11 is 0. The van der Waals surface area contributed by atoms with Gasteiger partial charge in [0.1, 0.15) is 0 Å². The monoisotopic (exact) mass is 344 g/mol. The summed E-state index contributed by atoms with van der Waals surface area (Å²) in [4.78, 5) is 14.1. The van der Waals surface area contributed by atoms with Crippen LogP contribution in [0.1, 0.15) is 21.6 Å². The number of H-pyrrole nitrogens is 1. The van der Waals surface area contributed by atoms with Crippen molar-refractivity contribution in [2.45, 2.75) is 18.4 Å². The van der Waals surface area contributed by atoms with Crippen molar-refractivity contribution in [2.75, 3.05) is 0 Å². The number of rotatable bonds is 5. The first-order valence-electron chi connectivity index (χ1n) is 7.26. The van der Waals surface area contributed by atoms with Crippen molar-refractivity contribution in [3.63, 3.8) is 0 Å². The van der Waals surface area contributed by atoms with Crippen LogP contribution in [0.3, 0.4) is 0 Å². The molecule has 0 unspecified atom stereocenters. The smallest absolute Gasteiger partial charge is 0.335 e. The van der Waals surface area contributed by atoms with Gasteiger partial charge in [0.15, 0.2) is 0 Å². The van der Waals surface area contributed by atoms with E-state index in [1.807, 2.05) is 31.2 Å². The number of sulfonamides is 1. The molecule has 7 heteroatoms. The van der Waals surface area contributed by atoms with Crippen molar-refractivity contribution in [3.8, 4) is 0 Å². The van der Waals surface area contributed by atoms with Crippen LogP contribution >= 0.6 is 0 Å². The first-order chi connectivity index (χ1) is 11.3. The van der Waals surface area contributed by atoms with Gasteiger partial charge in [-0.05, 0) is 54.3 Å². The van der Waals surface area contributed by atoms with Crippen LogP contribution < -0.4 is 4.72 Å². The fourth-order valence-corrected chi connectivity index (χ4v) is 3.56. The molecule has 124 valence electrons. The predicted octanol–water partition coefficient (Wildman–Crippen LogP) is 2.65. The van der Waals surface area contributed by atoms with Crippen LogP contribution in [0.4, 0.5) is 0 Å². The Kier molecular flexibility index (Phi) is 4.13. The van der Waals surface area contributed by atoms with Gasteiger partial charge in [-0.2, -0.15) is 0 Å². The molecule has 24 heavy (non-hydrogen) atoms. The van der Waals surface area contributed by atoms with Crippen LogP contribution in [0.5, 0.6) is 0 Å². The Bertz CT molecular complexity index is 1020. The van der Waals surface area contributed by atoms with E-state index in [9.17, 15) is 13.2 Å². The van der Waals surface area contributed by atoms with Gasteiger partial charge in [-0.1, -0.05) is 12.1 Å². The number of hydrogen-bond acceptors (Lipinski definition) is 3. The van der Waals surface area contributed by atoms with E-state index in [1.54, 1.807) is 0 Å². The number of aryl methyl sites for hydroxylation is 1. The van der Waals surface area contributed by atoms with Gasteiger partial charge in [-0.25, -0.2) is 17.9 Å². The summed E-state index contributed by atoms with van der Waals surface area (Å²) in [6.45, 7) is 2.08. The molecule has 6 nitrogen and oxygen atoms in total. The van der Waals surface area contributed by atoms with E-state index in [0.717, 1.165) is 28.2 Å². The minimum absolute atomic E-state index is 0.0675. The number of nitrogens with one attached hydrogen (secondary N) is 2. The molecule has 0 radical (unpaired) electrons. The minimum atomic E-state index is -3.78. The van der Waals surface area contributed by atoms with Gasteiger partial charge in [0.05, 0.1) is 10.5 Å². The van der Waals surface area contributed by atoms with E-state index in [4.69, 9.17) is 5.11 Å². The van der Waals surface area contributed by atoms with E-state index in [-0.39, 0.29) is 17.0 Å². The fraction of sp³-hybridized carbons (Fsp3) is 0.118. The summed E-state index contributed by atoms with van der Waals surface area (Å²) in [6.07, 6.45) is 0. The molecule has 1 heterocycles. The largest absolute Gasteiger partial charge is 0.478 e. The average molecular weight is 344 g/mol. The lowest BCUT2D eigenvalue weighted by Crippen LogP contribution is -2.23. The molecular weight excluding hydrogens is 328 g/mol. The molecule has 1 aromatic heterocycles. The van der Waals surface area contributed by atoms with Crippen molar-refractivity contribution in [3.05, 3.63) is 65.4 Å². The zero-order chi connectivity index (χ0) is 17.3. The summed E-state index contributed by atoms with van der Waals surface area (Å²) in [7, 11) is -3.78. The predicted molar refractivity (Wildman–Crippen MR) is 90.5 cm³/mol. The quantitative estimate of drug-likeness (QED) is 0.662. The number of aromatic carboxylic acids is 1. The molecule has 3 aromatic rings. The SMILES string of the molecule is Cc1cc2cc(CNS(=O)(=O)c3cccc(C(=O)O)c3)ccc2[nH]1. The number of carboxylic acid groups (broad SMARTS) is 1. The zero-order valence-corrected chi connectivity index (χ0v) is 13.7. The average Bonchev–Trinajstić information content (AvgIpc) is 2.92. The second-order valence-corrected chi connectivity index (χ2v) is 7.30. The Morgan fingerprint density at radius 3 is 2.71 bits per heavy atom. The van der Waals surface area contributed by atoms with Gasteiger partial charge < -0.3 is 10.1 Å². The van der Waals surface area contributed by atoms with Crippen LogP contribution in [0.25, 0.3) is 10.9 Å². The summed E-state index contributed by atoms with van der Waals surface area (Å²) in [5, 5.41) is 9.98. The molecule has 0 bridgehead atoms. The van der Waals surface area contributed by atoms with Crippen molar-refractivity contribution < 1.29 is 18.3 Å². The molecule has 0 fully saturated rings. The number of aromatic nitrogens is 1. The fourth-order valence-electron chi connectivity index (χ4n) is 2.50. The Morgan fingerprint density at radius 1 is 1.17 bits per heavy atom. The first-order valence-corrected chi connectivity index (χ1v) is 8.75. The Labute approximate surface area is 139 Å². The van der Waals surface area contributed by atoms with E-state index < -0.39 is 16.0 Å². The minimum Gasteiger partial charge on any atom is -0.478 e. The summed E-state index contributed by atoms with van der Waals surface area (Å²) in [5.41, 5.74) is 2.78. The lowest BCUT2D eigenvalue weighted by Gasteiger charge is -2.08. The molecule has 3 rings (SSSR count). The van der Waals surface area contributed by atoms with E-state index in [0.29, 0.717) is 0 Å². The van der Waals surface area contributed by atoms with Gasteiger partial charge in [-0.3, -0.25) is 0 Å². The maximum absolute atomic E-state index is 12.3. The van der Waals surface area contributed by atoms with Crippen molar-refractivity contribution in [1.29, 1.82) is 0 Å². The van der Waals surface area contributed by atoms with Crippen molar-refractivity contribution in [2.24, 2.45) is 0 Å².